The second-order valence-electron chi connectivity index (χ2n) is 5.38. The summed E-state index contributed by atoms with van der Waals surface area (Å²) in [5.74, 6) is 0. The van der Waals surface area contributed by atoms with Crippen LogP contribution in [0.3, 0.4) is 0 Å². The number of aromatic nitrogens is 2. The fourth-order valence-electron chi connectivity index (χ4n) is 3.12. The minimum absolute atomic E-state index is 0.145. The van der Waals surface area contributed by atoms with Crippen LogP contribution in [0.15, 0.2) is 33.9 Å². The van der Waals surface area contributed by atoms with Gasteiger partial charge >= 0.3 is 11.8 Å². The highest BCUT2D eigenvalue weighted by atomic mass is 16.4. The van der Waals surface area contributed by atoms with Gasteiger partial charge in [-0.15, -0.1) is 0 Å². The quantitative estimate of drug-likeness (QED) is 0.872. The number of rotatable bonds is 1. The van der Waals surface area contributed by atoms with Crippen molar-refractivity contribution in [3.8, 4) is 0 Å². The second kappa shape index (κ2) is 5.20. The Balaban J connectivity index is 2.37. The third-order valence-electron chi connectivity index (χ3n) is 4.12. The first-order chi connectivity index (χ1) is 10.1. The van der Waals surface area contributed by atoms with Crippen molar-refractivity contribution in [2.45, 2.75) is 38.1 Å². The Kier molecular flexibility index (Phi) is 3.37. The van der Waals surface area contributed by atoms with E-state index < -0.39 is 11.8 Å². The Morgan fingerprint density at radius 1 is 1.10 bits per heavy atom. The predicted octanol–water partition coefficient (Wildman–Crippen LogP) is 2.19. The highest BCUT2D eigenvalue weighted by molar-refractivity contribution is 5.86. The molecule has 1 aromatic carbocycles. The molecule has 1 saturated carbocycles. The van der Waals surface area contributed by atoms with Crippen LogP contribution >= 0.6 is 0 Å². The van der Waals surface area contributed by atoms with Crippen molar-refractivity contribution in [3.05, 3.63) is 45.1 Å². The zero-order chi connectivity index (χ0) is 15.0. The number of fused-ring (bicyclic) bond motifs is 1. The summed E-state index contributed by atoms with van der Waals surface area (Å²) in [5, 5.41) is 9.59. The number of hydrogen-bond donors (Lipinski definition) is 1. The van der Waals surface area contributed by atoms with Gasteiger partial charge in [-0.2, -0.15) is 4.57 Å². The smallest absolute Gasteiger partial charge is 0.420 e. The molecule has 1 fully saturated rings. The molecule has 1 aliphatic rings. The summed E-state index contributed by atoms with van der Waals surface area (Å²) in [5.41, 5.74) is -0.995. The molecule has 110 valence electrons. The first kappa shape index (κ1) is 13.6. The number of nitrogens with zero attached hydrogens (tertiary/aromatic N) is 2. The maximum absolute atomic E-state index is 12.6. The van der Waals surface area contributed by atoms with Crippen LogP contribution in [0.1, 0.15) is 38.1 Å². The molecule has 0 unspecified atom stereocenters. The molecule has 0 radical (unpaired) electrons. The molecule has 0 spiro atoms. The first-order valence-corrected chi connectivity index (χ1v) is 7.11. The average molecular weight is 288 g/mol. The van der Waals surface area contributed by atoms with Crippen molar-refractivity contribution in [3.63, 3.8) is 0 Å². The van der Waals surface area contributed by atoms with Gasteiger partial charge in [0.05, 0.1) is 10.9 Å². The Morgan fingerprint density at radius 3 is 2.43 bits per heavy atom. The molecule has 1 aliphatic carbocycles. The molecule has 0 saturated heterocycles. The Labute approximate surface area is 120 Å². The van der Waals surface area contributed by atoms with Crippen molar-refractivity contribution >= 4 is 17.0 Å². The van der Waals surface area contributed by atoms with E-state index in [1.165, 1.54) is 6.07 Å². The average Bonchev–Trinajstić information content (AvgIpc) is 2.48. The minimum Gasteiger partial charge on any atom is -0.464 e. The fraction of sp³-hybridized carbons (Fsp3) is 0.400. The van der Waals surface area contributed by atoms with Crippen molar-refractivity contribution in [1.82, 2.24) is 9.13 Å². The van der Waals surface area contributed by atoms with Gasteiger partial charge in [0.2, 0.25) is 0 Å². The van der Waals surface area contributed by atoms with E-state index in [1.807, 2.05) is 0 Å². The second-order valence-corrected chi connectivity index (χ2v) is 5.38. The molecule has 1 heterocycles. The topological polar surface area (TPSA) is 81.3 Å². The molecule has 0 atom stereocenters. The SMILES string of the molecule is O=C(O)n1c(=O)n(C2CCCCC2)c(=O)c2ccccc21. The van der Waals surface area contributed by atoms with Gasteiger partial charge in [-0.25, -0.2) is 9.59 Å². The third-order valence-corrected chi connectivity index (χ3v) is 4.12. The lowest BCUT2D eigenvalue weighted by atomic mass is 9.95. The highest BCUT2D eigenvalue weighted by Gasteiger charge is 2.23. The molecule has 0 aliphatic heterocycles. The molecule has 21 heavy (non-hydrogen) atoms. The largest absolute Gasteiger partial charge is 0.464 e. The zero-order valence-corrected chi connectivity index (χ0v) is 11.5. The van der Waals surface area contributed by atoms with Crippen molar-refractivity contribution in [1.29, 1.82) is 0 Å². The number of benzene rings is 1. The Morgan fingerprint density at radius 2 is 1.76 bits per heavy atom. The predicted molar refractivity (Wildman–Crippen MR) is 78.0 cm³/mol. The summed E-state index contributed by atoms with van der Waals surface area (Å²) < 4.78 is 1.81. The molecule has 0 amide bonds. The lowest BCUT2D eigenvalue weighted by Gasteiger charge is -2.24. The maximum atomic E-state index is 12.6. The Hall–Kier alpha value is -2.37. The van der Waals surface area contributed by atoms with E-state index in [2.05, 4.69) is 0 Å². The summed E-state index contributed by atoms with van der Waals surface area (Å²) in [7, 11) is 0. The van der Waals surface area contributed by atoms with E-state index in [0.717, 1.165) is 36.7 Å². The van der Waals surface area contributed by atoms with Crippen LogP contribution in [-0.4, -0.2) is 20.3 Å². The van der Waals surface area contributed by atoms with Gasteiger partial charge in [0, 0.05) is 6.04 Å². The van der Waals surface area contributed by atoms with Crippen LogP contribution in [0.2, 0.25) is 0 Å². The van der Waals surface area contributed by atoms with E-state index in [-0.39, 0.29) is 22.5 Å². The zero-order valence-electron chi connectivity index (χ0n) is 11.5. The van der Waals surface area contributed by atoms with Crippen LogP contribution in [0.25, 0.3) is 10.9 Å². The van der Waals surface area contributed by atoms with Crippen LogP contribution < -0.4 is 11.2 Å². The van der Waals surface area contributed by atoms with E-state index >= 15 is 0 Å². The summed E-state index contributed by atoms with van der Waals surface area (Å²) in [4.78, 5) is 36.5. The standard InChI is InChI=1S/C15H16N2O4/c18-13-11-8-4-5-9-12(11)17(15(20)21)14(19)16(13)10-6-2-1-3-7-10/h4-5,8-10H,1-3,6-7H2,(H,20,21). The van der Waals surface area contributed by atoms with Crippen LogP contribution in [0, 0.1) is 0 Å². The van der Waals surface area contributed by atoms with Gasteiger partial charge in [0.25, 0.3) is 5.56 Å². The van der Waals surface area contributed by atoms with E-state index in [1.54, 1.807) is 18.2 Å². The van der Waals surface area contributed by atoms with Gasteiger partial charge < -0.3 is 5.11 Å². The summed E-state index contributed by atoms with van der Waals surface area (Å²) in [6.45, 7) is 0. The van der Waals surface area contributed by atoms with Crippen molar-refractivity contribution in [2.24, 2.45) is 0 Å². The first-order valence-electron chi connectivity index (χ1n) is 7.11. The van der Waals surface area contributed by atoms with Gasteiger partial charge in [-0.1, -0.05) is 31.4 Å². The minimum atomic E-state index is -1.36. The summed E-state index contributed by atoms with van der Waals surface area (Å²) in [6.07, 6.45) is 3.12. The third kappa shape index (κ3) is 2.16. The van der Waals surface area contributed by atoms with Gasteiger partial charge in [-0.05, 0) is 25.0 Å². The Bertz CT molecular complexity index is 813. The van der Waals surface area contributed by atoms with Gasteiger partial charge in [0.1, 0.15) is 0 Å². The maximum Gasteiger partial charge on any atom is 0.420 e. The molecular formula is C15H16N2O4. The number of carboxylic acid groups (broad SMARTS) is 1. The number of para-hydroxylation sites is 1. The van der Waals surface area contributed by atoms with Gasteiger partial charge in [-0.3, -0.25) is 9.36 Å². The molecule has 1 N–H and O–H groups in total. The van der Waals surface area contributed by atoms with Crippen LogP contribution in [0.4, 0.5) is 4.79 Å². The molecule has 6 heteroatoms. The van der Waals surface area contributed by atoms with Gasteiger partial charge in [0.15, 0.2) is 0 Å². The molecule has 1 aromatic heterocycles. The normalized spacial score (nSPS) is 16.2. The number of carbonyl (C=O) groups is 1. The molecule has 6 nitrogen and oxygen atoms in total. The molecule has 0 bridgehead atoms. The van der Waals surface area contributed by atoms with E-state index in [9.17, 15) is 19.5 Å². The van der Waals surface area contributed by atoms with Crippen LogP contribution in [0.5, 0.6) is 0 Å². The molecular weight excluding hydrogens is 272 g/mol. The molecule has 3 rings (SSSR count). The lowest BCUT2D eigenvalue weighted by molar-refractivity contribution is 0.194. The van der Waals surface area contributed by atoms with Crippen LogP contribution in [-0.2, 0) is 0 Å². The van der Waals surface area contributed by atoms with Crippen molar-refractivity contribution < 1.29 is 9.90 Å². The highest BCUT2D eigenvalue weighted by Crippen LogP contribution is 2.26. The number of hydrogen-bond acceptors (Lipinski definition) is 3. The lowest BCUT2D eigenvalue weighted by Crippen LogP contribution is -2.44. The van der Waals surface area contributed by atoms with Crippen molar-refractivity contribution in [2.75, 3.05) is 0 Å². The summed E-state index contributed by atoms with van der Waals surface area (Å²) >= 11 is 0. The van der Waals surface area contributed by atoms with E-state index in [0.29, 0.717) is 4.57 Å². The monoisotopic (exact) mass is 288 g/mol. The molecule has 2 aromatic rings. The fourth-order valence-corrected chi connectivity index (χ4v) is 3.12. The summed E-state index contributed by atoms with van der Waals surface area (Å²) in [6, 6.07) is 6.14. The van der Waals surface area contributed by atoms with E-state index in [4.69, 9.17) is 0 Å².